The summed E-state index contributed by atoms with van der Waals surface area (Å²) in [6.45, 7) is 21.3. The normalized spacial score (nSPS) is 11.8. The van der Waals surface area contributed by atoms with Crippen LogP contribution >= 0.6 is 0 Å². The van der Waals surface area contributed by atoms with Gasteiger partial charge in [-0.1, -0.05) is 0 Å². The predicted octanol–water partition coefficient (Wildman–Crippen LogP) is 2.09. The van der Waals surface area contributed by atoms with Crippen molar-refractivity contribution in [3.8, 4) is 0 Å². The van der Waals surface area contributed by atoms with Gasteiger partial charge in [0, 0.05) is 20.2 Å². The van der Waals surface area contributed by atoms with Crippen LogP contribution in [0, 0.1) is 0 Å². The molecule has 0 heterocycles. The van der Waals surface area contributed by atoms with Crippen LogP contribution < -0.4 is 0 Å². The average molecular weight is 732 g/mol. The van der Waals surface area contributed by atoms with Crippen molar-refractivity contribution in [2.75, 3.05) is 185 Å². The van der Waals surface area contributed by atoms with Crippen LogP contribution in [0.4, 0.5) is 4.79 Å². The molecule has 0 spiro atoms. The maximum absolute atomic E-state index is 11.9. The molecule has 0 radical (unpaired) electrons. The van der Waals surface area contributed by atoms with Gasteiger partial charge in [0.05, 0.1) is 165 Å². The van der Waals surface area contributed by atoms with Gasteiger partial charge >= 0.3 is 6.09 Å². The van der Waals surface area contributed by atoms with Crippen LogP contribution in [-0.4, -0.2) is 202 Å². The summed E-state index contributed by atoms with van der Waals surface area (Å²) < 4.78 is 76.0. The van der Waals surface area contributed by atoms with E-state index in [2.05, 4.69) is 0 Å². The summed E-state index contributed by atoms with van der Waals surface area (Å²) in [4.78, 5) is 13.3. The Morgan fingerprint density at radius 2 is 0.580 bits per heavy atom. The summed E-state index contributed by atoms with van der Waals surface area (Å²) >= 11 is 0. The van der Waals surface area contributed by atoms with E-state index in [1.54, 1.807) is 7.05 Å². The number of hydrogen-bond donors (Lipinski definition) is 0. The molecule has 0 rings (SSSR count). The van der Waals surface area contributed by atoms with Crippen molar-refractivity contribution in [3.63, 3.8) is 0 Å². The third-order valence-electron chi connectivity index (χ3n) is 5.94. The van der Waals surface area contributed by atoms with Crippen LogP contribution in [0.25, 0.3) is 0 Å². The average Bonchev–Trinajstić information content (AvgIpc) is 3.08. The summed E-state index contributed by atoms with van der Waals surface area (Å²) in [6.07, 6.45) is -0.365. The zero-order valence-corrected chi connectivity index (χ0v) is 31.7. The molecule has 0 atom stereocenters. The zero-order chi connectivity index (χ0) is 36.6. The molecule has 0 bridgehead atoms. The first-order valence-corrected chi connectivity index (χ1v) is 17.8. The van der Waals surface area contributed by atoms with Crippen molar-refractivity contribution in [2.24, 2.45) is 0 Å². The van der Waals surface area contributed by atoms with Crippen molar-refractivity contribution in [1.29, 1.82) is 0 Å². The highest BCUT2D eigenvalue weighted by Crippen LogP contribution is 2.08. The molecule has 0 aliphatic rings. The standard InChI is InChI=1S/C34H69NO15/c1-6-37-9-10-39-13-14-41-17-18-43-21-22-45-25-26-47-29-30-49-32-31-48-28-27-46-24-23-44-20-19-42-16-15-40-12-11-38-8-7-35(5)33(36)50-34(2,3)4/h6-32H2,1-5H3. The van der Waals surface area contributed by atoms with Crippen molar-refractivity contribution < 1.29 is 71.1 Å². The minimum Gasteiger partial charge on any atom is -0.444 e. The Morgan fingerprint density at radius 3 is 0.780 bits per heavy atom. The van der Waals surface area contributed by atoms with Crippen molar-refractivity contribution in [1.82, 2.24) is 4.90 Å². The third-order valence-corrected chi connectivity index (χ3v) is 5.94. The molecule has 16 heteroatoms. The Bertz CT molecular complexity index is 688. The zero-order valence-electron chi connectivity index (χ0n) is 31.7. The molecule has 0 unspecified atom stereocenters. The van der Waals surface area contributed by atoms with E-state index in [0.717, 1.165) is 0 Å². The van der Waals surface area contributed by atoms with Gasteiger partial charge in [-0.2, -0.15) is 0 Å². The van der Waals surface area contributed by atoms with E-state index >= 15 is 0 Å². The molecule has 0 N–H and O–H groups in total. The van der Waals surface area contributed by atoms with Gasteiger partial charge in [0.15, 0.2) is 0 Å². The Labute approximate surface area is 300 Å². The van der Waals surface area contributed by atoms with E-state index in [4.69, 9.17) is 66.3 Å². The molecule has 1 amide bonds. The molecule has 0 saturated carbocycles. The molecular weight excluding hydrogens is 662 g/mol. The van der Waals surface area contributed by atoms with Gasteiger partial charge in [-0.15, -0.1) is 0 Å². The Hall–Kier alpha value is -1.25. The molecular formula is C34H69NO15. The predicted molar refractivity (Wildman–Crippen MR) is 185 cm³/mol. The van der Waals surface area contributed by atoms with E-state index in [1.807, 2.05) is 27.7 Å². The second kappa shape index (κ2) is 39.0. The fourth-order valence-corrected chi connectivity index (χ4v) is 3.42. The van der Waals surface area contributed by atoms with Gasteiger partial charge in [0.2, 0.25) is 0 Å². The van der Waals surface area contributed by atoms with Crippen LogP contribution in [0.1, 0.15) is 27.7 Å². The molecule has 0 fully saturated rings. The third kappa shape index (κ3) is 41.2. The van der Waals surface area contributed by atoms with Crippen LogP contribution in [0.5, 0.6) is 0 Å². The SMILES string of the molecule is CCOCCOCCOCCOCCOCCOCCOCCOCCOCCOCCOCCOCCOCCN(C)C(=O)OC(C)(C)C. The number of rotatable bonds is 40. The quantitative estimate of drug-likeness (QED) is 0.0847. The summed E-state index contributed by atoms with van der Waals surface area (Å²) in [5, 5.41) is 0. The first kappa shape index (κ1) is 48.8. The molecule has 16 nitrogen and oxygen atoms in total. The highest BCUT2D eigenvalue weighted by Gasteiger charge is 2.19. The minimum absolute atomic E-state index is 0.365. The second-order valence-electron chi connectivity index (χ2n) is 11.4. The first-order valence-electron chi connectivity index (χ1n) is 17.8. The molecule has 300 valence electrons. The number of ether oxygens (including phenoxy) is 14. The van der Waals surface area contributed by atoms with E-state index in [9.17, 15) is 4.79 Å². The summed E-state index contributed by atoms with van der Waals surface area (Å²) in [5.74, 6) is 0. The fourth-order valence-electron chi connectivity index (χ4n) is 3.42. The lowest BCUT2D eigenvalue weighted by Crippen LogP contribution is -2.36. The van der Waals surface area contributed by atoms with Crippen molar-refractivity contribution >= 4 is 6.09 Å². The topological polar surface area (TPSA) is 150 Å². The molecule has 0 aromatic carbocycles. The van der Waals surface area contributed by atoms with Crippen LogP contribution in [-0.2, 0) is 66.3 Å². The molecule has 50 heavy (non-hydrogen) atoms. The van der Waals surface area contributed by atoms with Crippen molar-refractivity contribution in [2.45, 2.75) is 33.3 Å². The van der Waals surface area contributed by atoms with Crippen LogP contribution in [0.3, 0.4) is 0 Å². The van der Waals surface area contributed by atoms with Gasteiger partial charge in [0.1, 0.15) is 5.60 Å². The van der Waals surface area contributed by atoms with E-state index < -0.39 is 5.60 Å². The van der Waals surface area contributed by atoms with E-state index in [1.165, 1.54) is 4.90 Å². The monoisotopic (exact) mass is 731 g/mol. The number of nitrogens with zero attached hydrogens (tertiary/aromatic N) is 1. The second-order valence-corrected chi connectivity index (χ2v) is 11.4. The maximum atomic E-state index is 11.9. The highest BCUT2D eigenvalue weighted by atomic mass is 16.6. The number of carbonyl (C=O) groups is 1. The van der Waals surface area contributed by atoms with E-state index in [0.29, 0.717) is 178 Å². The molecule has 0 aromatic rings. The van der Waals surface area contributed by atoms with Gasteiger partial charge in [-0.05, 0) is 27.7 Å². The number of hydrogen-bond acceptors (Lipinski definition) is 15. The largest absolute Gasteiger partial charge is 0.444 e. The molecule has 0 aliphatic carbocycles. The van der Waals surface area contributed by atoms with Gasteiger partial charge in [-0.25, -0.2) is 4.79 Å². The first-order chi connectivity index (χ1) is 24.4. The lowest BCUT2D eigenvalue weighted by atomic mass is 10.2. The maximum Gasteiger partial charge on any atom is 0.410 e. The smallest absolute Gasteiger partial charge is 0.410 e. The summed E-state index contributed by atoms with van der Waals surface area (Å²) in [6, 6.07) is 0. The van der Waals surface area contributed by atoms with Crippen LogP contribution in [0.2, 0.25) is 0 Å². The van der Waals surface area contributed by atoms with Gasteiger partial charge in [-0.3, -0.25) is 0 Å². The fraction of sp³-hybridized carbons (Fsp3) is 0.971. The Kier molecular flexibility index (Phi) is 38.0. The molecule has 0 saturated heterocycles. The number of amides is 1. The van der Waals surface area contributed by atoms with Crippen LogP contribution in [0.15, 0.2) is 0 Å². The van der Waals surface area contributed by atoms with Gasteiger partial charge < -0.3 is 71.2 Å². The van der Waals surface area contributed by atoms with Crippen molar-refractivity contribution in [3.05, 3.63) is 0 Å². The lowest BCUT2D eigenvalue weighted by molar-refractivity contribution is -0.0291. The number of carbonyl (C=O) groups excluding carboxylic acids is 1. The summed E-state index contributed by atoms with van der Waals surface area (Å²) in [7, 11) is 1.68. The number of likely N-dealkylation sites (N-methyl/N-ethyl adjacent to an activating group) is 1. The Balaban J connectivity index is 3.13. The minimum atomic E-state index is -0.511. The van der Waals surface area contributed by atoms with E-state index in [-0.39, 0.29) is 6.09 Å². The Morgan fingerprint density at radius 1 is 0.380 bits per heavy atom. The summed E-state index contributed by atoms with van der Waals surface area (Å²) in [5.41, 5.74) is -0.511. The lowest BCUT2D eigenvalue weighted by Gasteiger charge is -2.24. The van der Waals surface area contributed by atoms with Gasteiger partial charge in [0.25, 0.3) is 0 Å². The molecule has 0 aromatic heterocycles. The molecule has 0 aliphatic heterocycles. The highest BCUT2D eigenvalue weighted by molar-refractivity contribution is 5.67.